The van der Waals surface area contributed by atoms with Gasteiger partial charge in [-0.25, -0.2) is 4.39 Å². The van der Waals surface area contributed by atoms with Gasteiger partial charge < -0.3 is 4.90 Å². The van der Waals surface area contributed by atoms with Crippen molar-refractivity contribution < 1.29 is 18.9 Å². The largest absolute Gasteiger partial charge is 0.326 e. The molecule has 0 fully saturated rings. The van der Waals surface area contributed by atoms with Gasteiger partial charge in [-0.05, 0) is 34.1 Å². The van der Waals surface area contributed by atoms with Crippen LogP contribution < -0.4 is 15.8 Å². The summed E-state index contributed by atoms with van der Waals surface area (Å²) in [5, 5.41) is 0. The summed E-state index contributed by atoms with van der Waals surface area (Å²) in [5.74, 6) is -1.06. The minimum Gasteiger partial charge on any atom is -0.326 e. The summed E-state index contributed by atoms with van der Waals surface area (Å²) >= 11 is 3.27. The van der Waals surface area contributed by atoms with E-state index in [1.807, 2.05) is 0 Å². The maximum atomic E-state index is 13.6. The second-order valence-electron chi connectivity index (χ2n) is 5.38. The van der Waals surface area contributed by atoms with Crippen molar-refractivity contribution in [2.24, 2.45) is 0 Å². The van der Waals surface area contributed by atoms with Gasteiger partial charge in [-0.1, -0.05) is 30.3 Å². The van der Waals surface area contributed by atoms with Crippen molar-refractivity contribution in [1.29, 1.82) is 0 Å². The Morgan fingerprint density at radius 1 is 1.08 bits per heavy atom. The average molecular weight is 395 g/mol. The van der Waals surface area contributed by atoms with Gasteiger partial charge in [0, 0.05) is 10.0 Å². The Morgan fingerprint density at radius 2 is 1.75 bits per heavy atom. The highest BCUT2D eigenvalue weighted by Crippen LogP contribution is 2.15. The zero-order valence-electron chi connectivity index (χ0n) is 13.1. The first-order chi connectivity index (χ1) is 11.5. The lowest BCUT2D eigenvalue weighted by Gasteiger charge is -2.14. The summed E-state index contributed by atoms with van der Waals surface area (Å²) in [6.07, 6.45) is 0. The Labute approximate surface area is 147 Å². The van der Waals surface area contributed by atoms with Crippen molar-refractivity contribution in [2.75, 3.05) is 13.6 Å². The van der Waals surface area contributed by atoms with Gasteiger partial charge in [-0.15, -0.1) is 0 Å². The maximum Gasteiger partial charge on any atom is 0.293 e. The zero-order valence-corrected chi connectivity index (χ0v) is 14.7. The molecule has 2 rings (SSSR count). The van der Waals surface area contributed by atoms with Crippen LogP contribution in [0.5, 0.6) is 0 Å². The number of quaternary nitrogens is 1. The highest BCUT2D eigenvalue weighted by Gasteiger charge is 2.14. The fourth-order valence-corrected chi connectivity index (χ4v) is 2.65. The number of hydrazine groups is 1. The van der Waals surface area contributed by atoms with Crippen LogP contribution in [0.4, 0.5) is 4.39 Å². The van der Waals surface area contributed by atoms with Crippen LogP contribution in [-0.2, 0) is 11.3 Å². The SMILES string of the molecule is C[NH+](CC(=O)NNC(=O)c1ccccc1Br)Cc1ccccc1F. The number of carbonyl (C=O) groups excluding carboxylic acids is 2. The van der Waals surface area contributed by atoms with E-state index >= 15 is 0 Å². The molecule has 7 heteroatoms. The molecule has 126 valence electrons. The Hall–Kier alpha value is -2.25. The summed E-state index contributed by atoms with van der Waals surface area (Å²) in [7, 11) is 1.78. The summed E-state index contributed by atoms with van der Waals surface area (Å²) in [6.45, 7) is 0.475. The van der Waals surface area contributed by atoms with E-state index < -0.39 is 5.91 Å². The first-order valence-corrected chi connectivity index (χ1v) is 8.15. The van der Waals surface area contributed by atoms with E-state index in [-0.39, 0.29) is 18.3 Å². The molecule has 0 spiro atoms. The molecule has 1 atom stereocenters. The van der Waals surface area contributed by atoms with Crippen LogP contribution >= 0.6 is 15.9 Å². The third-order valence-corrected chi connectivity index (χ3v) is 4.04. The second kappa shape index (κ2) is 8.56. The Morgan fingerprint density at radius 3 is 2.46 bits per heavy atom. The first-order valence-electron chi connectivity index (χ1n) is 7.36. The molecule has 2 aromatic carbocycles. The molecule has 2 aromatic rings. The predicted molar refractivity (Wildman–Crippen MR) is 91.6 cm³/mol. The molecule has 0 saturated heterocycles. The number of nitrogens with one attached hydrogen (secondary N) is 3. The number of rotatable bonds is 5. The monoisotopic (exact) mass is 394 g/mol. The van der Waals surface area contributed by atoms with E-state index in [1.54, 1.807) is 49.5 Å². The number of halogens is 2. The number of benzene rings is 2. The lowest BCUT2D eigenvalue weighted by Crippen LogP contribution is -3.09. The molecule has 1 unspecified atom stereocenters. The molecule has 0 radical (unpaired) electrons. The van der Waals surface area contributed by atoms with Crippen LogP contribution in [0, 0.1) is 5.82 Å². The molecular weight excluding hydrogens is 377 g/mol. The van der Waals surface area contributed by atoms with E-state index in [0.717, 1.165) is 4.90 Å². The van der Waals surface area contributed by atoms with E-state index in [1.165, 1.54) is 6.07 Å². The average Bonchev–Trinajstić information content (AvgIpc) is 2.55. The Balaban J connectivity index is 1.82. The smallest absolute Gasteiger partial charge is 0.293 e. The van der Waals surface area contributed by atoms with E-state index in [2.05, 4.69) is 26.8 Å². The molecule has 2 amide bonds. The fourth-order valence-electron chi connectivity index (χ4n) is 2.19. The van der Waals surface area contributed by atoms with Crippen molar-refractivity contribution >= 4 is 27.7 Å². The van der Waals surface area contributed by atoms with Crippen LogP contribution in [-0.4, -0.2) is 25.4 Å². The predicted octanol–water partition coefficient (Wildman–Crippen LogP) is 1.06. The lowest BCUT2D eigenvalue weighted by atomic mass is 10.2. The van der Waals surface area contributed by atoms with Gasteiger partial charge in [-0.2, -0.15) is 0 Å². The zero-order chi connectivity index (χ0) is 17.5. The molecular formula is C17H18BrFN3O2+. The highest BCUT2D eigenvalue weighted by atomic mass is 79.9. The number of hydrogen-bond donors (Lipinski definition) is 3. The summed E-state index contributed by atoms with van der Waals surface area (Å²) in [4.78, 5) is 24.7. The third-order valence-electron chi connectivity index (χ3n) is 3.35. The Kier molecular flexibility index (Phi) is 6.45. The van der Waals surface area contributed by atoms with Crippen LogP contribution in [0.3, 0.4) is 0 Å². The van der Waals surface area contributed by atoms with E-state index in [4.69, 9.17) is 0 Å². The molecule has 0 aliphatic carbocycles. The van der Waals surface area contributed by atoms with E-state index in [9.17, 15) is 14.0 Å². The normalized spacial score (nSPS) is 11.6. The van der Waals surface area contributed by atoms with Crippen LogP contribution in [0.25, 0.3) is 0 Å². The molecule has 0 aromatic heterocycles. The highest BCUT2D eigenvalue weighted by molar-refractivity contribution is 9.10. The van der Waals surface area contributed by atoms with Crippen molar-refractivity contribution in [3.63, 3.8) is 0 Å². The third kappa shape index (κ3) is 5.14. The van der Waals surface area contributed by atoms with Crippen molar-refractivity contribution in [2.45, 2.75) is 6.54 Å². The van der Waals surface area contributed by atoms with Crippen LogP contribution in [0.15, 0.2) is 53.0 Å². The summed E-state index contributed by atoms with van der Waals surface area (Å²) < 4.78 is 14.2. The molecule has 3 N–H and O–H groups in total. The summed E-state index contributed by atoms with van der Waals surface area (Å²) in [5.41, 5.74) is 5.69. The quantitative estimate of drug-likeness (QED) is 0.664. The minimum atomic E-state index is -0.414. The van der Waals surface area contributed by atoms with Gasteiger partial charge in [-0.3, -0.25) is 20.4 Å². The van der Waals surface area contributed by atoms with Gasteiger partial charge in [0.25, 0.3) is 11.8 Å². The minimum absolute atomic E-state index is 0.102. The lowest BCUT2D eigenvalue weighted by molar-refractivity contribution is -0.885. The van der Waals surface area contributed by atoms with Crippen molar-refractivity contribution in [3.05, 3.63) is 69.9 Å². The van der Waals surface area contributed by atoms with Crippen LogP contribution in [0.2, 0.25) is 0 Å². The van der Waals surface area contributed by atoms with Gasteiger partial charge >= 0.3 is 0 Å². The molecule has 0 saturated carbocycles. The molecule has 0 aliphatic heterocycles. The molecule has 5 nitrogen and oxygen atoms in total. The second-order valence-corrected chi connectivity index (χ2v) is 6.24. The first kappa shape index (κ1) is 18.1. The van der Waals surface area contributed by atoms with Gasteiger partial charge in [0.05, 0.1) is 12.6 Å². The Bertz CT molecular complexity index is 739. The number of amides is 2. The van der Waals surface area contributed by atoms with E-state index in [0.29, 0.717) is 22.1 Å². The molecule has 0 heterocycles. The standard InChI is InChI=1S/C17H17BrFN3O2/c1-22(10-12-6-2-5-9-15(12)19)11-16(23)20-21-17(24)13-7-3-4-8-14(13)18/h2-9H,10-11H2,1H3,(H,20,23)(H,21,24)/p+1. The van der Waals surface area contributed by atoms with Gasteiger partial charge in [0.15, 0.2) is 6.54 Å². The maximum absolute atomic E-state index is 13.6. The topological polar surface area (TPSA) is 62.6 Å². The van der Waals surface area contributed by atoms with Crippen LogP contribution in [0.1, 0.15) is 15.9 Å². The molecule has 24 heavy (non-hydrogen) atoms. The molecule has 0 aliphatic rings. The van der Waals surface area contributed by atoms with Crippen molar-refractivity contribution in [3.8, 4) is 0 Å². The van der Waals surface area contributed by atoms with Gasteiger partial charge in [0.2, 0.25) is 0 Å². The fraction of sp³-hybridized carbons (Fsp3) is 0.176. The van der Waals surface area contributed by atoms with Crippen molar-refractivity contribution in [1.82, 2.24) is 10.9 Å². The van der Waals surface area contributed by atoms with Gasteiger partial charge in [0.1, 0.15) is 12.4 Å². The number of likely N-dealkylation sites (N-methyl/N-ethyl adjacent to an activating group) is 1. The summed E-state index contributed by atoms with van der Waals surface area (Å²) in [6, 6.07) is 13.4. The number of hydrogen-bond acceptors (Lipinski definition) is 2. The molecule has 0 bridgehead atoms. The number of carbonyl (C=O) groups is 2.